The van der Waals surface area contributed by atoms with Crippen molar-refractivity contribution in [1.29, 1.82) is 0 Å². The number of hydrogen-bond acceptors (Lipinski definition) is 5. The predicted octanol–water partition coefficient (Wildman–Crippen LogP) is 2.46. The molecule has 1 amide bonds. The first-order chi connectivity index (χ1) is 11.6. The van der Waals surface area contributed by atoms with Crippen molar-refractivity contribution in [3.63, 3.8) is 0 Å². The molecule has 2 N–H and O–H groups in total. The highest BCUT2D eigenvalue weighted by molar-refractivity contribution is 5.92. The van der Waals surface area contributed by atoms with Crippen LogP contribution in [-0.2, 0) is 6.42 Å². The molecular formula is C18H25N5O. The molecule has 0 aliphatic carbocycles. The van der Waals surface area contributed by atoms with Gasteiger partial charge in [-0.25, -0.2) is 9.97 Å². The third-order valence-electron chi connectivity index (χ3n) is 3.60. The maximum Gasteiger partial charge on any atom is 0.270 e. The lowest BCUT2D eigenvalue weighted by Gasteiger charge is -2.11. The number of anilines is 2. The molecule has 0 fully saturated rings. The Balaban J connectivity index is 1.99. The van der Waals surface area contributed by atoms with E-state index in [9.17, 15) is 4.79 Å². The lowest BCUT2D eigenvalue weighted by molar-refractivity contribution is 0.0947. The minimum Gasteiger partial charge on any atom is -0.351 e. The van der Waals surface area contributed by atoms with Crippen LogP contribution in [0.15, 0.2) is 36.5 Å². The molecule has 128 valence electrons. The average molecular weight is 327 g/mol. The lowest BCUT2D eigenvalue weighted by atomic mass is 10.1. The van der Waals surface area contributed by atoms with Crippen molar-refractivity contribution in [1.82, 2.24) is 20.2 Å². The highest BCUT2D eigenvalue weighted by Crippen LogP contribution is 2.18. The number of hydrogen-bond donors (Lipinski definition) is 2. The van der Waals surface area contributed by atoms with Gasteiger partial charge >= 0.3 is 0 Å². The van der Waals surface area contributed by atoms with Crippen molar-refractivity contribution in [2.45, 2.75) is 19.8 Å². The molecule has 0 saturated heterocycles. The second-order valence-electron chi connectivity index (χ2n) is 5.81. The minimum absolute atomic E-state index is 0.178. The molecule has 0 aliphatic heterocycles. The molecule has 1 aromatic carbocycles. The van der Waals surface area contributed by atoms with Crippen molar-refractivity contribution < 1.29 is 4.79 Å². The fourth-order valence-corrected chi connectivity index (χ4v) is 2.30. The van der Waals surface area contributed by atoms with Crippen LogP contribution in [0.2, 0.25) is 0 Å². The van der Waals surface area contributed by atoms with E-state index in [0.717, 1.165) is 25.1 Å². The number of aromatic nitrogens is 2. The Kier molecular flexibility index (Phi) is 6.69. The second kappa shape index (κ2) is 8.98. The van der Waals surface area contributed by atoms with Crippen LogP contribution < -0.4 is 10.6 Å². The number of nitrogens with zero attached hydrogens (tertiary/aromatic N) is 3. The quantitative estimate of drug-likeness (QED) is 0.729. The zero-order valence-electron chi connectivity index (χ0n) is 14.5. The molecular weight excluding hydrogens is 302 g/mol. The van der Waals surface area contributed by atoms with E-state index in [-0.39, 0.29) is 5.91 Å². The van der Waals surface area contributed by atoms with Crippen LogP contribution in [0.4, 0.5) is 11.6 Å². The van der Waals surface area contributed by atoms with Gasteiger partial charge in [-0.2, -0.15) is 0 Å². The van der Waals surface area contributed by atoms with E-state index in [1.165, 1.54) is 5.56 Å². The second-order valence-corrected chi connectivity index (χ2v) is 5.81. The van der Waals surface area contributed by atoms with Gasteiger partial charge in [-0.05, 0) is 51.2 Å². The van der Waals surface area contributed by atoms with Crippen LogP contribution in [0.25, 0.3) is 0 Å². The zero-order chi connectivity index (χ0) is 17.4. The number of carbonyl (C=O) groups is 1. The average Bonchev–Trinajstić information content (AvgIpc) is 2.59. The molecule has 24 heavy (non-hydrogen) atoms. The van der Waals surface area contributed by atoms with E-state index in [1.54, 1.807) is 12.3 Å². The molecule has 0 radical (unpaired) electrons. The van der Waals surface area contributed by atoms with Gasteiger partial charge in [-0.15, -0.1) is 0 Å². The minimum atomic E-state index is -0.178. The molecule has 0 bridgehead atoms. The van der Waals surface area contributed by atoms with Crippen LogP contribution in [0.5, 0.6) is 0 Å². The summed E-state index contributed by atoms with van der Waals surface area (Å²) in [6.07, 6.45) is 3.41. The first-order valence-corrected chi connectivity index (χ1v) is 8.21. The third-order valence-corrected chi connectivity index (χ3v) is 3.60. The molecule has 1 heterocycles. The van der Waals surface area contributed by atoms with Gasteiger partial charge in [0.05, 0.1) is 0 Å². The van der Waals surface area contributed by atoms with Crippen LogP contribution in [-0.4, -0.2) is 48.0 Å². The monoisotopic (exact) mass is 327 g/mol. The summed E-state index contributed by atoms with van der Waals surface area (Å²) < 4.78 is 0. The van der Waals surface area contributed by atoms with E-state index in [2.05, 4.69) is 38.5 Å². The van der Waals surface area contributed by atoms with Crippen molar-refractivity contribution >= 4 is 17.5 Å². The summed E-state index contributed by atoms with van der Waals surface area (Å²) in [6, 6.07) is 9.63. The topological polar surface area (TPSA) is 70.2 Å². The Morgan fingerprint density at radius 2 is 2.00 bits per heavy atom. The molecule has 0 spiro atoms. The molecule has 1 aromatic heterocycles. The fraction of sp³-hybridized carbons (Fsp3) is 0.389. The highest BCUT2D eigenvalue weighted by Gasteiger charge is 2.09. The molecule has 0 aliphatic rings. The molecule has 2 aromatic rings. The number of para-hydroxylation sites is 1. The molecule has 0 saturated carbocycles. The summed E-state index contributed by atoms with van der Waals surface area (Å²) in [4.78, 5) is 22.8. The summed E-state index contributed by atoms with van der Waals surface area (Å²) in [5.41, 5.74) is 2.51. The van der Waals surface area contributed by atoms with Gasteiger partial charge in [0.25, 0.3) is 5.91 Å². The van der Waals surface area contributed by atoms with Gasteiger partial charge in [0.2, 0.25) is 5.95 Å². The van der Waals surface area contributed by atoms with Gasteiger partial charge in [-0.3, -0.25) is 4.79 Å². The number of rotatable bonds is 8. The molecule has 0 unspecified atom stereocenters. The first-order valence-electron chi connectivity index (χ1n) is 8.21. The summed E-state index contributed by atoms with van der Waals surface area (Å²) in [6.45, 7) is 3.66. The predicted molar refractivity (Wildman–Crippen MR) is 96.6 cm³/mol. The summed E-state index contributed by atoms with van der Waals surface area (Å²) in [5, 5.41) is 6.08. The van der Waals surface area contributed by atoms with Gasteiger partial charge < -0.3 is 15.5 Å². The number of nitrogens with one attached hydrogen (secondary N) is 2. The summed E-state index contributed by atoms with van der Waals surface area (Å²) in [7, 11) is 4.02. The Hall–Kier alpha value is -2.47. The van der Waals surface area contributed by atoms with E-state index >= 15 is 0 Å². The SMILES string of the molecule is CCc1ccccc1Nc1nccc(C(=O)NCCCN(C)C)n1. The Labute approximate surface area is 143 Å². The molecule has 2 rings (SSSR count). The van der Waals surface area contributed by atoms with Gasteiger partial charge in [0.15, 0.2) is 0 Å². The number of carbonyl (C=O) groups excluding carboxylic acids is 1. The van der Waals surface area contributed by atoms with E-state index < -0.39 is 0 Å². The van der Waals surface area contributed by atoms with Gasteiger partial charge in [0.1, 0.15) is 5.69 Å². The van der Waals surface area contributed by atoms with Crippen LogP contribution >= 0.6 is 0 Å². The van der Waals surface area contributed by atoms with Gasteiger partial charge in [0, 0.05) is 18.4 Å². The van der Waals surface area contributed by atoms with E-state index in [4.69, 9.17) is 0 Å². The molecule has 6 nitrogen and oxygen atoms in total. The summed E-state index contributed by atoms with van der Waals surface area (Å²) in [5.74, 6) is 0.250. The zero-order valence-corrected chi connectivity index (χ0v) is 14.5. The highest BCUT2D eigenvalue weighted by atomic mass is 16.1. The van der Waals surface area contributed by atoms with Gasteiger partial charge in [-0.1, -0.05) is 25.1 Å². The maximum atomic E-state index is 12.2. The first kappa shape index (κ1) is 17.9. The standard InChI is InChI=1S/C18H25N5O/c1-4-14-8-5-6-9-15(14)21-18-20-12-10-16(22-18)17(24)19-11-7-13-23(2)3/h5-6,8-10,12H,4,7,11,13H2,1-3H3,(H,19,24)(H,20,21,22). The van der Waals surface area contributed by atoms with Crippen LogP contribution in [0.3, 0.4) is 0 Å². The lowest BCUT2D eigenvalue weighted by Crippen LogP contribution is -2.28. The Bertz CT molecular complexity index is 672. The third kappa shape index (κ3) is 5.31. The number of amides is 1. The largest absolute Gasteiger partial charge is 0.351 e. The van der Waals surface area contributed by atoms with Crippen molar-refractivity contribution in [3.8, 4) is 0 Å². The molecule has 6 heteroatoms. The van der Waals surface area contributed by atoms with Crippen molar-refractivity contribution in [3.05, 3.63) is 47.8 Å². The number of aryl methyl sites for hydroxylation is 1. The van der Waals surface area contributed by atoms with E-state index in [1.807, 2.05) is 32.3 Å². The Morgan fingerprint density at radius 1 is 1.21 bits per heavy atom. The van der Waals surface area contributed by atoms with Crippen molar-refractivity contribution in [2.75, 3.05) is 32.5 Å². The summed E-state index contributed by atoms with van der Waals surface area (Å²) >= 11 is 0. The fourth-order valence-electron chi connectivity index (χ4n) is 2.30. The Morgan fingerprint density at radius 3 is 2.75 bits per heavy atom. The molecule has 0 atom stereocenters. The maximum absolute atomic E-state index is 12.2. The van der Waals surface area contributed by atoms with Crippen molar-refractivity contribution in [2.24, 2.45) is 0 Å². The number of benzene rings is 1. The van der Waals surface area contributed by atoms with Crippen LogP contribution in [0.1, 0.15) is 29.4 Å². The smallest absolute Gasteiger partial charge is 0.270 e. The van der Waals surface area contributed by atoms with Crippen LogP contribution in [0, 0.1) is 0 Å². The van der Waals surface area contributed by atoms with E-state index in [0.29, 0.717) is 18.2 Å². The normalized spacial score (nSPS) is 10.7.